The van der Waals surface area contributed by atoms with Gasteiger partial charge in [0.2, 0.25) is 0 Å². The van der Waals surface area contributed by atoms with Gasteiger partial charge in [-0.1, -0.05) is 51.1 Å². The number of nitrogens with one attached hydrogen (secondary N) is 2. The van der Waals surface area contributed by atoms with Crippen LogP contribution < -0.4 is 10.6 Å². The van der Waals surface area contributed by atoms with Gasteiger partial charge in [-0.3, -0.25) is 4.79 Å². The minimum Gasteiger partial charge on any atom is -0.393 e. The van der Waals surface area contributed by atoms with E-state index in [9.17, 15) is 9.90 Å². The van der Waals surface area contributed by atoms with Crippen molar-refractivity contribution < 1.29 is 9.90 Å². The van der Waals surface area contributed by atoms with Gasteiger partial charge in [0.25, 0.3) is 5.91 Å². The van der Waals surface area contributed by atoms with Gasteiger partial charge in [0.15, 0.2) is 0 Å². The third kappa shape index (κ3) is 3.30. The summed E-state index contributed by atoms with van der Waals surface area (Å²) in [7, 11) is 0. The summed E-state index contributed by atoms with van der Waals surface area (Å²) in [6.07, 6.45) is 3.72. The highest BCUT2D eigenvalue weighted by Gasteiger charge is 2.45. The van der Waals surface area contributed by atoms with Crippen molar-refractivity contribution in [3.63, 3.8) is 0 Å². The van der Waals surface area contributed by atoms with E-state index in [-0.39, 0.29) is 28.9 Å². The summed E-state index contributed by atoms with van der Waals surface area (Å²) in [6, 6.07) is 10.4. The van der Waals surface area contributed by atoms with E-state index in [0.717, 1.165) is 18.8 Å². The van der Waals surface area contributed by atoms with E-state index in [4.69, 9.17) is 0 Å². The number of carbonyl (C=O) groups excluding carboxylic acids is 1. The SMILES string of the molecule is CC(C)(C)C1CCNc2c(C(=O)NCC3(c4ccccc4)CC(O)C3)cnn21. The number of carbonyl (C=O) groups is 1. The van der Waals surface area contributed by atoms with Crippen LogP contribution in [0.25, 0.3) is 0 Å². The maximum atomic E-state index is 13.0. The fourth-order valence-corrected chi connectivity index (χ4v) is 4.65. The molecule has 1 aliphatic heterocycles. The predicted molar refractivity (Wildman–Crippen MR) is 110 cm³/mol. The minimum absolute atomic E-state index is 0.0794. The number of amides is 1. The monoisotopic (exact) mass is 382 g/mol. The molecule has 1 aliphatic carbocycles. The molecule has 150 valence electrons. The highest BCUT2D eigenvalue weighted by molar-refractivity contribution is 5.98. The predicted octanol–water partition coefficient (Wildman–Crippen LogP) is 3.11. The van der Waals surface area contributed by atoms with Crippen molar-refractivity contribution in [2.75, 3.05) is 18.4 Å². The first-order chi connectivity index (χ1) is 13.3. The Morgan fingerprint density at radius 3 is 2.68 bits per heavy atom. The molecule has 1 aromatic carbocycles. The number of anilines is 1. The standard InChI is InChI=1S/C22H30N4O2/c1-21(2,3)18-9-10-23-19-17(13-25-26(18)19)20(28)24-14-22(11-16(27)12-22)15-7-5-4-6-8-15/h4-8,13,16,18,23,27H,9-12,14H2,1-3H3,(H,24,28). The van der Waals surface area contributed by atoms with Gasteiger partial charge in [-0.2, -0.15) is 5.10 Å². The van der Waals surface area contributed by atoms with Crippen LogP contribution in [0.1, 0.15) is 62.0 Å². The van der Waals surface area contributed by atoms with Crippen molar-refractivity contribution in [1.82, 2.24) is 15.1 Å². The van der Waals surface area contributed by atoms with Gasteiger partial charge in [0.05, 0.1) is 18.3 Å². The molecular weight excluding hydrogens is 352 g/mol. The van der Waals surface area contributed by atoms with Gasteiger partial charge < -0.3 is 15.7 Å². The first-order valence-electron chi connectivity index (χ1n) is 10.1. The second-order valence-corrected chi connectivity index (χ2v) is 9.34. The summed E-state index contributed by atoms with van der Waals surface area (Å²) in [6.45, 7) is 7.98. The zero-order valence-corrected chi connectivity index (χ0v) is 16.9. The van der Waals surface area contributed by atoms with Gasteiger partial charge in [0.1, 0.15) is 11.4 Å². The van der Waals surface area contributed by atoms with Gasteiger partial charge in [-0.15, -0.1) is 0 Å². The van der Waals surface area contributed by atoms with Crippen LogP contribution in [0, 0.1) is 5.41 Å². The Morgan fingerprint density at radius 1 is 1.32 bits per heavy atom. The number of benzene rings is 1. The van der Waals surface area contributed by atoms with Crippen molar-refractivity contribution in [1.29, 1.82) is 0 Å². The maximum absolute atomic E-state index is 13.0. The molecule has 2 heterocycles. The Hall–Kier alpha value is -2.34. The number of fused-ring (bicyclic) bond motifs is 1. The molecule has 0 bridgehead atoms. The lowest BCUT2D eigenvalue weighted by molar-refractivity contribution is 0.0177. The molecule has 1 amide bonds. The number of nitrogens with zero attached hydrogens (tertiary/aromatic N) is 2. The van der Waals surface area contributed by atoms with E-state index < -0.39 is 0 Å². The highest BCUT2D eigenvalue weighted by Crippen LogP contribution is 2.43. The summed E-state index contributed by atoms with van der Waals surface area (Å²) in [4.78, 5) is 13.0. The second kappa shape index (κ2) is 6.92. The van der Waals surface area contributed by atoms with Gasteiger partial charge in [-0.25, -0.2) is 4.68 Å². The largest absolute Gasteiger partial charge is 0.393 e. The Kier molecular flexibility index (Phi) is 4.70. The summed E-state index contributed by atoms with van der Waals surface area (Å²) >= 11 is 0. The number of aliphatic hydroxyl groups excluding tert-OH is 1. The maximum Gasteiger partial charge on any atom is 0.256 e. The molecular formula is C22H30N4O2. The van der Waals surface area contributed by atoms with Crippen molar-refractivity contribution in [3.05, 3.63) is 47.7 Å². The number of hydrogen-bond acceptors (Lipinski definition) is 4. The summed E-state index contributed by atoms with van der Waals surface area (Å²) < 4.78 is 1.97. The van der Waals surface area contributed by atoms with Gasteiger partial charge in [-0.05, 0) is 30.2 Å². The van der Waals surface area contributed by atoms with Crippen LogP contribution in [-0.4, -0.2) is 40.0 Å². The van der Waals surface area contributed by atoms with Crippen LogP contribution >= 0.6 is 0 Å². The van der Waals surface area contributed by atoms with E-state index in [1.54, 1.807) is 6.20 Å². The average molecular weight is 383 g/mol. The number of aliphatic hydroxyl groups is 1. The Morgan fingerprint density at radius 2 is 2.04 bits per heavy atom. The van der Waals surface area contributed by atoms with E-state index in [1.807, 2.05) is 22.9 Å². The van der Waals surface area contributed by atoms with Crippen LogP contribution in [0.4, 0.5) is 5.82 Å². The van der Waals surface area contributed by atoms with E-state index >= 15 is 0 Å². The first kappa shape index (κ1) is 19.0. The first-order valence-corrected chi connectivity index (χ1v) is 10.1. The van der Waals surface area contributed by atoms with Crippen molar-refractivity contribution in [2.24, 2.45) is 5.41 Å². The molecule has 1 atom stereocenters. The molecule has 2 aliphatic rings. The number of rotatable bonds is 4. The Labute approximate surface area is 166 Å². The molecule has 1 aromatic heterocycles. The van der Waals surface area contributed by atoms with Gasteiger partial charge >= 0.3 is 0 Å². The van der Waals surface area contributed by atoms with E-state index in [2.05, 4.69) is 48.6 Å². The lowest BCUT2D eigenvalue weighted by Gasteiger charge is -2.46. The molecule has 4 rings (SSSR count). The fraction of sp³-hybridized carbons (Fsp3) is 0.545. The average Bonchev–Trinajstić information content (AvgIpc) is 3.08. The molecule has 1 saturated carbocycles. The molecule has 2 aromatic rings. The third-order valence-electron chi connectivity index (χ3n) is 6.27. The van der Waals surface area contributed by atoms with Crippen LogP contribution in [0.3, 0.4) is 0 Å². The molecule has 3 N–H and O–H groups in total. The summed E-state index contributed by atoms with van der Waals surface area (Å²) in [5.74, 6) is 0.700. The molecule has 6 nitrogen and oxygen atoms in total. The lowest BCUT2D eigenvalue weighted by atomic mass is 9.62. The molecule has 1 fully saturated rings. The minimum atomic E-state index is -0.296. The lowest BCUT2D eigenvalue weighted by Crippen LogP contribution is -2.52. The molecule has 0 saturated heterocycles. The molecule has 0 radical (unpaired) electrons. The highest BCUT2D eigenvalue weighted by atomic mass is 16.3. The molecule has 6 heteroatoms. The Bertz CT molecular complexity index is 847. The number of hydrogen-bond donors (Lipinski definition) is 3. The van der Waals surface area contributed by atoms with Gasteiger partial charge in [0, 0.05) is 18.5 Å². The second-order valence-electron chi connectivity index (χ2n) is 9.34. The molecule has 1 unspecified atom stereocenters. The van der Waals surface area contributed by atoms with Crippen molar-refractivity contribution >= 4 is 11.7 Å². The van der Waals surface area contributed by atoms with E-state index in [1.165, 1.54) is 5.56 Å². The van der Waals surface area contributed by atoms with E-state index in [0.29, 0.717) is 24.9 Å². The number of aromatic nitrogens is 2. The molecule has 28 heavy (non-hydrogen) atoms. The summed E-state index contributed by atoms with van der Waals surface area (Å²) in [5, 5.41) is 20.9. The molecule has 0 spiro atoms. The van der Waals surface area contributed by atoms with Crippen LogP contribution in [0.2, 0.25) is 0 Å². The summed E-state index contributed by atoms with van der Waals surface area (Å²) in [5.41, 5.74) is 1.65. The quantitative estimate of drug-likeness (QED) is 0.759. The Balaban J connectivity index is 1.51. The zero-order valence-electron chi connectivity index (χ0n) is 16.9. The zero-order chi connectivity index (χ0) is 19.9. The van der Waals surface area contributed by atoms with Crippen molar-refractivity contribution in [2.45, 2.75) is 57.6 Å². The van der Waals surface area contributed by atoms with Crippen molar-refractivity contribution in [3.8, 4) is 0 Å². The topological polar surface area (TPSA) is 79.2 Å². The van der Waals surface area contributed by atoms with Crippen LogP contribution in [-0.2, 0) is 5.41 Å². The van der Waals surface area contributed by atoms with Crippen LogP contribution in [0.5, 0.6) is 0 Å². The smallest absolute Gasteiger partial charge is 0.256 e. The fourth-order valence-electron chi connectivity index (χ4n) is 4.65. The normalized spacial score (nSPS) is 26.7. The van der Waals surface area contributed by atoms with Crippen LogP contribution in [0.15, 0.2) is 36.5 Å². The third-order valence-corrected chi connectivity index (χ3v) is 6.27.